The number of alkyl halides is 1. The maximum Gasteiger partial charge on any atom is 0.282 e. The van der Waals surface area contributed by atoms with Crippen molar-refractivity contribution in [2.24, 2.45) is 0 Å². The predicted octanol–water partition coefficient (Wildman–Crippen LogP) is 2.93. The van der Waals surface area contributed by atoms with Crippen LogP contribution in [0.3, 0.4) is 0 Å². The number of carbonyl (C=O) groups excluding carboxylic acids is 2. The van der Waals surface area contributed by atoms with Gasteiger partial charge in [-0.3, -0.25) is 15.0 Å². The highest BCUT2D eigenvalue weighted by molar-refractivity contribution is 6.31. The van der Waals surface area contributed by atoms with Crippen LogP contribution in [0, 0.1) is 6.92 Å². The number of anilines is 1. The van der Waals surface area contributed by atoms with Gasteiger partial charge in [0.05, 0.1) is 5.69 Å². The lowest BCUT2D eigenvalue weighted by atomic mass is 10.1. The summed E-state index contributed by atoms with van der Waals surface area (Å²) in [6.45, 7) is 1.33. The first-order valence-electron chi connectivity index (χ1n) is 7.17. The predicted molar refractivity (Wildman–Crippen MR) is 86.0 cm³/mol. The summed E-state index contributed by atoms with van der Waals surface area (Å²) in [6, 6.07) is 13.9. The summed E-state index contributed by atoms with van der Waals surface area (Å²) in [7, 11) is 0. The Balaban J connectivity index is 1.91. The molecule has 0 saturated carbocycles. The lowest BCUT2D eigenvalue weighted by Crippen LogP contribution is -2.35. The van der Waals surface area contributed by atoms with Crippen molar-refractivity contribution in [3.63, 3.8) is 0 Å². The van der Waals surface area contributed by atoms with E-state index in [-0.39, 0.29) is 5.57 Å². The van der Waals surface area contributed by atoms with E-state index in [4.69, 9.17) is 0 Å². The summed E-state index contributed by atoms with van der Waals surface area (Å²) in [5.41, 5.74) is 5.31. The number of carbonyl (C=O) groups is 2. The van der Waals surface area contributed by atoms with Crippen LogP contribution >= 0.6 is 0 Å². The zero-order valence-electron chi connectivity index (χ0n) is 12.5. The van der Waals surface area contributed by atoms with Crippen LogP contribution in [-0.4, -0.2) is 11.8 Å². The zero-order valence-corrected chi connectivity index (χ0v) is 12.5. The molecule has 0 aliphatic carbocycles. The largest absolute Gasteiger partial charge is 0.282 e. The lowest BCUT2D eigenvalue weighted by molar-refractivity contribution is -0.117. The molecule has 4 nitrogen and oxygen atoms in total. The van der Waals surface area contributed by atoms with E-state index in [0.29, 0.717) is 11.3 Å². The topological polar surface area (TPSA) is 49.4 Å². The molecule has 1 aliphatic heterocycles. The molecular formula is C18H15FN2O2. The normalized spacial score (nSPS) is 16.1. The number of hydrogen-bond donors (Lipinski definition) is 1. The molecule has 1 N–H and O–H groups in total. The van der Waals surface area contributed by atoms with Gasteiger partial charge in [-0.2, -0.15) is 0 Å². The maximum absolute atomic E-state index is 12.8. The Bertz CT molecular complexity index is 797. The molecule has 0 radical (unpaired) electrons. The van der Waals surface area contributed by atoms with Crippen LogP contribution in [0.15, 0.2) is 54.1 Å². The van der Waals surface area contributed by atoms with Crippen molar-refractivity contribution in [3.8, 4) is 0 Å². The molecule has 5 heteroatoms. The highest BCUT2D eigenvalue weighted by Crippen LogP contribution is 2.22. The van der Waals surface area contributed by atoms with Crippen molar-refractivity contribution < 1.29 is 14.0 Å². The number of nitrogens with one attached hydrogen (secondary N) is 1. The summed E-state index contributed by atoms with van der Waals surface area (Å²) >= 11 is 0. The van der Waals surface area contributed by atoms with Gasteiger partial charge >= 0.3 is 0 Å². The van der Waals surface area contributed by atoms with Crippen molar-refractivity contribution in [2.75, 3.05) is 5.01 Å². The number of benzene rings is 2. The van der Waals surface area contributed by atoms with Crippen molar-refractivity contribution in [3.05, 3.63) is 70.8 Å². The highest BCUT2D eigenvalue weighted by atomic mass is 19.1. The number of rotatable bonds is 3. The van der Waals surface area contributed by atoms with Gasteiger partial charge in [0, 0.05) is 0 Å². The van der Waals surface area contributed by atoms with E-state index in [0.717, 1.165) is 16.1 Å². The molecule has 1 aliphatic rings. The Kier molecular flexibility index (Phi) is 3.93. The van der Waals surface area contributed by atoms with E-state index in [2.05, 4.69) is 5.43 Å². The van der Waals surface area contributed by atoms with Crippen molar-refractivity contribution in [1.82, 2.24) is 5.43 Å². The SMILES string of the molecule is Cc1ccc(/C=C2\C(=O)NN(c3cccc(CF)c3)C2=O)cc1. The molecule has 2 aromatic rings. The smallest absolute Gasteiger partial charge is 0.267 e. The minimum absolute atomic E-state index is 0.0551. The van der Waals surface area contributed by atoms with Crippen molar-refractivity contribution in [2.45, 2.75) is 13.6 Å². The summed E-state index contributed by atoms with van der Waals surface area (Å²) in [6.07, 6.45) is 1.55. The van der Waals surface area contributed by atoms with Gasteiger partial charge < -0.3 is 0 Å². The Labute approximate surface area is 133 Å². The van der Waals surface area contributed by atoms with Gasteiger partial charge in [0.2, 0.25) is 0 Å². The standard InChI is InChI=1S/C18H15FN2O2/c1-12-5-7-13(8-6-12)10-16-17(22)20-21(18(16)23)15-4-2-3-14(9-15)11-19/h2-10H,11H2,1H3,(H,20,22)/b16-10+. The van der Waals surface area contributed by atoms with Crippen molar-refractivity contribution >= 4 is 23.6 Å². The van der Waals surface area contributed by atoms with Crippen LogP contribution in [0.5, 0.6) is 0 Å². The molecule has 0 aromatic heterocycles. The molecule has 1 saturated heterocycles. The quantitative estimate of drug-likeness (QED) is 0.700. The van der Waals surface area contributed by atoms with Crippen LogP contribution in [-0.2, 0) is 16.3 Å². The minimum atomic E-state index is -0.629. The summed E-state index contributed by atoms with van der Waals surface area (Å²) < 4.78 is 12.8. The molecule has 2 aromatic carbocycles. The van der Waals surface area contributed by atoms with Gasteiger partial charge in [-0.05, 0) is 36.3 Å². The fourth-order valence-corrected chi connectivity index (χ4v) is 2.35. The highest BCUT2D eigenvalue weighted by Gasteiger charge is 2.34. The fraction of sp³-hybridized carbons (Fsp3) is 0.111. The van der Waals surface area contributed by atoms with Gasteiger partial charge in [-0.1, -0.05) is 42.0 Å². The van der Waals surface area contributed by atoms with E-state index in [1.807, 2.05) is 31.2 Å². The Hall–Kier alpha value is -2.95. The van der Waals surface area contributed by atoms with Crippen LogP contribution < -0.4 is 10.4 Å². The molecule has 116 valence electrons. The molecule has 0 spiro atoms. The molecule has 2 amide bonds. The zero-order chi connectivity index (χ0) is 16.4. The average molecular weight is 310 g/mol. The fourth-order valence-electron chi connectivity index (χ4n) is 2.35. The van der Waals surface area contributed by atoms with E-state index >= 15 is 0 Å². The van der Waals surface area contributed by atoms with E-state index in [1.165, 1.54) is 6.07 Å². The number of hydrogen-bond acceptors (Lipinski definition) is 2. The second-order valence-electron chi connectivity index (χ2n) is 5.35. The Morgan fingerprint density at radius 1 is 1.13 bits per heavy atom. The summed E-state index contributed by atoms with van der Waals surface area (Å²) in [5, 5.41) is 1.14. The average Bonchev–Trinajstić information content (AvgIpc) is 2.85. The molecule has 0 bridgehead atoms. The van der Waals surface area contributed by atoms with E-state index < -0.39 is 18.5 Å². The molecule has 1 heterocycles. The van der Waals surface area contributed by atoms with E-state index in [1.54, 1.807) is 24.3 Å². The monoisotopic (exact) mass is 310 g/mol. The summed E-state index contributed by atoms with van der Waals surface area (Å²) in [4.78, 5) is 24.5. The molecular weight excluding hydrogens is 295 g/mol. The number of halogens is 1. The lowest BCUT2D eigenvalue weighted by Gasteiger charge is -2.15. The molecule has 23 heavy (non-hydrogen) atoms. The van der Waals surface area contributed by atoms with Crippen LogP contribution in [0.2, 0.25) is 0 Å². The van der Waals surface area contributed by atoms with Gasteiger partial charge in [-0.15, -0.1) is 0 Å². The maximum atomic E-state index is 12.8. The van der Waals surface area contributed by atoms with E-state index in [9.17, 15) is 14.0 Å². The van der Waals surface area contributed by atoms with Gasteiger partial charge in [0.1, 0.15) is 12.2 Å². The summed E-state index contributed by atoms with van der Waals surface area (Å²) in [5.74, 6) is -0.923. The number of amides is 2. The van der Waals surface area contributed by atoms with Crippen LogP contribution in [0.4, 0.5) is 10.1 Å². The van der Waals surface area contributed by atoms with Gasteiger partial charge in [0.25, 0.3) is 11.8 Å². The molecule has 3 rings (SSSR count). The number of nitrogens with zero attached hydrogens (tertiary/aromatic N) is 1. The van der Waals surface area contributed by atoms with Crippen molar-refractivity contribution in [1.29, 1.82) is 0 Å². The first-order chi connectivity index (χ1) is 11.1. The third kappa shape index (κ3) is 2.99. The molecule has 0 unspecified atom stereocenters. The van der Waals surface area contributed by atoms with Crippen LogP contribution in [0.25, 0.3) is 6.08 Å². The van der Waals surface area contributed by atoms with Gasteiger partial charge in [0.15, 0.2) is 0 Å². The van der Waals surface area contributed by atoms with Gasteiger partial charge in [-0.25, -0.2) is 9.40 Å². The molecule has 0 atom stereocenters. The minimum Gasteiger partial charge on any atom is -0.267 e. The second-order valence-corrected chi connectivity index (χ2v) is 5.35. The second kappa shape index (κ2) is 6.04. The van der Waals surface area contributed by atoms with Crippen LogP contribution in [0.1, 0.15) is 16.7 Å². The molecule has 1 fully saturated rings. The third-order valence-electron chi connectivity index (χ3n) is 3.60. The Morgan fingerprint density at radius 2 is 1.87 bits per heavy atom. The number of aryl methyl sites for hydroxylation is 1. The first kappa shape index (κ1) is 15.0. The Morgan fingerprint density at radius 3 is 2.57 bits per heavy atom. The first-order valence-corrected chi connectivity index (χ1v) is 7.17. The third-order valence-corrected chi connectivity index (χ3v) is 3.60. The number of hydrazine groups is 1.